The van der Waals surface area contributed by atoms with Gasteiger partial charge in [-0.1, -0.05) is 54.2 Å². The summed E-state index contributed by atoms with van der Waals surface area (Å²) in [4.78, 5) is 7.77. The SMILES string of the molecule is O=[S@@](CCSc1nc2ccccc2[nH]1)Cc1ccccc1. The van der Waals surface area contributed by atoms with Crippen LogP contribution in [0.2, 0.25) is 0 Å². The number of hydrogen-bond donors (Lipinski definition) is 1. The van der Waals surface area contributed by atoms with E-state index in [0.29, 0.717) is 11.5 Å². The van der Waals surface area contributed by atoms with E-state index >= 15 is 0 Å². The molecule has 108 valence electrons. The minimum absolute atomic E-state index is 0.627. The lowest BCUT2D eigenvalue weighted by atomic mass is 10.2. The summed E-state index contributed by atoms with van der Waals surface area (Å²) in [6, 6.07) is 17.9. The van der Waals surface area contributed by atoms with Gasteiger partial charge in [-0.3, -0.25) is 4.21 Å². The predicted molar refractivity (Wildman–Crippen MR) is 90.0 cm³/mol. The van der Waals surface area contributed by atoms with Crippen molar-refractivity contribution in [3.05, 3.63) is 60.2 Å². The Morgan fingerprint density at radius 1 is 1.05 bits per heavy atom. The molecule has 0 saturated heterocycles. The summed E-state index contributed by atoms with van der Waals surface area (Å²) in [6.07, 6.45) is 0. The molecule has 0 aliphatic heterocycles. The van der Waals surface area contributed by atoms with E-state index in [2.05, 4.69) is 9.97 Å². The molecule has 0 radical (unpaired) electrons. The highest BCUT2D eigenvalue weighted by Gasteiger charge is 2.05. The number of para-hydroxylation sites is 2. The van der Waals surface area contributed by atoms with Gasteiger partial charge in [0.2, 0.25) is 0 Å². The molecule has 1 atom stereocenters. The van der Waals surface area contributed by atoms with Crippen molar-refractivity contribution < 1.29 is 4.21 Å². The molecule has 21 heavy (non-hydrogen) atoms. The van der Waals surface area contributed by atoms with E-state index in [1.54, 1.807) is 11.8 Å². The van der Waals surface area contributed by atoms with E-state index in [-0.39, 0.29) is 0 Å². The van der Waals surface area contributed by atoms with Crippen LogP contribution in [-0.4, -0.2) is 25.7 Å². The summed E-state index contributed by atoms with van der Waals surface area (Å²) >= 11 is 1.63. The highest BCUT2D eigenvalue weighted by Crippen LogP contribution is 2.19. The van der Waals surface area contributed by atoms with Crippen LogP contribution in [0.4, 0.5) is 0 Å². The fourth-order valence-corrected chi connectivity index (χ4v) is 4.39. The molecule has 1 N–H and O–H groups in total. The maximum atomic E-state index is 12.0. The lowest BCUT2D eigenvalue weighted by Crippen LogP contribution is -2.03. The van der Waals surface area contributed by atoms with Crippen molar-refractivity contribution in [2.75, 3.05) is 11.5 Å². The minimum Gasteiger partial charge on any atom is -0.333 e. The smallest absolute Gasteiger partial charge is 0.166 e. The van der Waals surface area contributed by atoms with Crippen molar-refractivity contribution in [2.45, 2.75) is 10.9 Å². The summed E-state index contributed by atoms with van der Waals surface area (Å²) in [5.41, 5.74) is 3.15. The van der Waals surface area contributed by atoms with Gasteiger partial charge in [-0.2, -0.15) is 0 Å². The Morgan fingerprint density at radius 2 is 1.81 bits per heavy atom. The van der Waals surface area contributed by atoms with E-state index in [4.69, 9.17) is 0 Å². The number of thioether (sulfide) groups is 1. The van der Waals surface area contributed by atoms with Crippen LogP contribution in [0.5, 0.6) is 0 Å². The zero-order valence-electron chi connectivity index (χ0n) is 11.5. The molecule has 2 aromatic carbocycles. The maximum absolute atomic E-state index is 12.0. The summed E-state index contributed by atoms with van der Waals surface area (Å²) in [7, 11) is -0.825. The summed E-state index contributed by atoms with van der Waals surface area (Å²) in [5, 5.41) is 0.896. The van der Waals surface area contributed by atoms with Crippen molar-refractivity contribution in [3.8, 4) is 0 Å². The molecule has 3 rings (SSSR count). The van der Waals surface area contributed by atoms with E-state index in [0.717, 1.165) is 27.5 Å². The van der Waals surface area contributed by atoms with Gasteiger partial charge in [0.25, 0.3) is 0 Å². The number of nitrogens with one attached hydrogen (secondary N) is 1. The molecule has 0 aliphatic rings. The highest BCUT2D eigenvalue weighted by molar-refractivity contribution is 8.00. The van der Waals surface area contributed by atoms with Gasteiger partial charge < -0.3 is 4.98 Å². The molecule has 0 fully saturated rings. The Bertz CT molecular complexity index is 707. The van der Waals surface area contributed by atoms with Crippen LogP contribution in [0, 0.1) is 0 Å². The van der Waals surface area contributed by atoms with E-state index in [1.165, 1.54) is 0 Å². The monoisotopic (exact) mass is 316 g/mol. The Balaban J connectivity index is 1.50. The van der Waals surface area contributed by atoms with Gasteiger partial charge in [-0.15, -0.1) is 0 Å². The van der Waals surface area contributed by atoms with Gasteiger partial charge in [-0.25, -0.2) is 4.98 Å². The third kappa shape index (κ3) is 3.95. The fraction of sp³-hybridized carbons (Fsp3) is 0.188. The number of aromatic amines is 1. The zero-order valence-corrected chi connectivity index (χ0v) is 13.1. The highest BCUT2D eigenvalue weighted by atomic mass is 32.2. The lowest BCUT2D eigenvalue weighted by Gasteiger charge is -2.01. The van der Waals surface area contributed by atoms with Crippen LogP contribution in [0.3, 0.4) is 0 Å². The second-order valence-corrected chi connectivity index (χ2v) is 7.34. The molecule has 1 heterocycles. The number of H-pyrrole nitrogens is 1. The van der Waals surface area contributed by atoms with Crippen molar-refractivity contribution in [2.24, 2.45) is 0 Å². The Hall–Kier alpha value is -1.59. The first-order chi connectivity index (χ1) is 10.3. The average molecular weight is 316 g/mol. The molecule has 0 aliphatic carbocycles. The van der Waals surface area contributed by atoms with E-state index < -0.39 is 10.8 Å². The van der Waals surface area contributed by atoms with Crippen LogP contribution in [0.15, 0.2) is 59.8 Å². The van der Waals surface area contributed by atoms with Gasteiger partial charge in [0.1, 0.15) is 0 Å². The second-order valence-electron chi connectivity index (χ2n) is 4.68. The third-order valence-electron chi connectivity index (χ3n) is 3.09. The third-order valence-corrected chi connectivity index (χ3v) is 5.54. The zero-order chi connectivity index (χ0) is 14.5. The maximum Gasteiger partial charge on any atom is 0.166 e. The van der Waals surface area contributed by atoms with Gasteiger partial charge in [0.15, 0.2) is 5.16 Å². The molecule has 5 heteroatoms. The largest absolute Gasteiger partial charge is 0.333 e. The number of nitrogens with zero attached hydrogens (tertiary/aromatic N) is 1. The Morgan fingerprint density at radius 3 is 2.62 bits per heavy atom. The van der Waals surface area contributed by atoms with Crippen LogP contribution in [-0.2, 0) is 16.6 Å². The first-order valence-electron chi connectivity index (χ1n) is 6.78. The number of hydrogen-bond acceptors (Lipinski definition) is 3. The van der Waals surface area contributed by atoms with Gasteiger partial charge in [-0.05, 0) is 17.7 Å². The summed E-state index contributed by atoms with van der Waals surface area (Å²) in [6.45, 7) is 0. The van der Waals surface area contributed by atoms with Gasteiger partial charge >= 0.3 is 0 Å². The average Bonchev–Trinajstić information content (AvgIpc) is 2.91. The molecule has 0 spiro atoms. The van der Waals surface area contributed by atoms with Gasteiger partial charge in [0, 0.05) is 28.1 Å². The lowest BCUT2D eigenvalue weighted by molar-refractivity contribution is 0.683. The second kappa shape index (κ2) is 6.91. The fourth-order valence-electron chi connectivity index (χ4n) is 2.06. The number of rotatable bonds is 6. The number of fused-ring (bicyclic) bond motifs is 1. The molecule has 3 aromatic rings. The topological polar surface area (TPSA) is 45.8 Å². The summed E-state index contributed by atoms with van der Waals surface area (Å²) < 4.78 is 12.0. The first kappa shape index (κ1) is 14.4. The van der Waals surface area contributed by atoms with Crippen LogP contribution >= 0.6 is 11.8 Å². The molecule has 1 aromatic heterocycles. The molecule has 0 unspecified atom stereocenters. The molecule has 0 saturated carbocycles. The van der Waals surface area contributed by atoms with Crippen molar-refractivity contribution in [1.29, 1.82) is 0 Å². The van der Waals surface area contributed by atoms with Crippen molar-refractivity contribution >= 4 is 33.6 Å². The normalized spacial score (nSPS) is 12.6. The molecular formula is C16H16N2OS2. The molecular weight excluding hydrogens is 300 g/mol. The Kier molecular flexibility index (Phi) is 4.72. The van der Waals surface area contributed by atoms with Crippen molar-refractivity contribution in [1.82, 2.24) is 9.97 Å². The number of benzene rings is 2. The van der Waals surface area contributed by atoms with Crippen LogP contribution < -0.4 is 0 Å². The molecule has 3 nitrogen and oxygen atoms in total. The van der Waals surface area contributed by atoms with Crippen LogP contribution in [0.1, 0.15) is 5.56 Å². The quantitative estimate of drug-likeness (QED) is 0.707. The van der Waals surface area contributed by atoms with Gasteiger partial charge in [0.05, 0.1) is 11.0 Å². The standard InChI is InChI=1S/C16H16N2OS2/c19-21(12-13-6-2-1-3-7-13)11-10-20-16-17-14-8-4-5-9-15(14)18-16/h1-9H,10-12H2,(H,17,18)/t21-/m0/s1. The first-order valence-corrected chi connectivity index (χ1v) is 9.25. The molecule has 0 amide bonds. The summed E-state index contributed by atoms with van der Waals surface area (Å²) in [5.74, 6) is 2.11. The van der Waals surface area contributed by atoms with E-state index in [1.807, 2.05) is 54.6 Å². The van der Waals surface area contributed by atoms with Crippen molar-refractivity contribution in [3.63, 3.8) is 0 Å². The van der Waals surface area contributed by atoms with E-state index in [9.17, 15) is 4.21 Å². The Labute approximate surface area is 130 Å². The predicted octanol–water partition coefficient (Wildman–Crippen LogP) is 3.60. The minimum atomic E-state index is -0.825. The number of imidazole rings is 1. The van der Waals surface area contributed by atoms with Crippen LogP contribution in [0.25, 0.3) is 11.0 Å². The number of aromatic nitrogens is 2. The molecule has 0 bridgehead atoms.